The van der Waals surface area contributed by atoms with E-state index in [2.05, 4.69) is 5.32 Å². The molecule has 21 heavy (non-hydrogen) atoms. The lowest BCUT2D eigenvalue weighted by molar-refractivity contribution is -0.122. The first-order valence-electron chi connectivity index (χ1n) is 6.89. The number of aliphatic hydroxyl groups excluding tert-OH is 1. The number of nitrogens with one attached hydrogen (secondary N) is 1. The summed E-state index contributed by atoms with van der Waals surface area (Å²) in [6.45, 7) is -0.171. The van der Waals surface area contributed by atoms with Crippen LogP contribution < -0.4 is 5.32 Å². The average molecular weight is 287 g/mol. The van der Waals surface area contributed by atoms with Crippen LogP contribution >= 0.6 is 0 Å². The van der Waals surface area contributed by atoms with Crippen LogP contribution in [0.15, 0.2) is 54.6 Å². The Kier molecular flexibility index (Phi) is 5.46. The molecule has 3 nitrogen and oxygen atoms in total. The van der Waals surface area contributed by atoms with E-state index >= 15 is 0 Å². The number of aryl methyl sites for hydroxylation is 1. The molecule has 2 aromatic carbocycles. The van der Waals surface area contributed by atoms with Crippen LogP contribution in [0.2, 0.25) is 0 Å². The van der Waals surface area contributed by atoms with Crippen LogP contribution in [-0.4, -0.2) is 17.6 Å². The molecule has 110 valence electrons. The highest BCUT2D eigenvalue weighted by Gasteiger charge is 2.13. The van der Waals surface area contributed by atoms with Gasteiger partial charge in [0.1, 0.15) is 5.82 Å². The van der Waals surface area contributed by atoms with E-state index in [1.807, 2.05) is 30.3 Å². The molecule has 2 N–H and O–H groups in total. The van der Waals surface area contributed by atoms with E-state index in [9.17, 15) is 14.3 Å². The Balaban J connectivity index is 1.90. The van der Waals surface area contributed by atoms with Crippen molar-refractivity contribution in [3.05, 3.63) is 71.5 Å². The molecule has 0 saturated carbocycles. The largest absolute Gasteiger partial charge is 0.394 e. The van der Waals surface area contributed by atoms with Gasteiger partial charge in [-0.3, -0.25) is 4.79 Å². The predicted octanol–water partition coefficient (Wildman–Crippen LogP) is 2.61. The summed E-state index contributed by atoms with van der Waals surface area (Å²) in [5.74, 6) is -0.506. The van der Waals surface area contributed by atoms with Crippen molar-refractivity contribution >= 4 is 5.91 Å². The van der Waals surface area contributed by atoms with Crippen molar-refractivity contribution in [3.8, 4) is 0 Å². The van der Waals surface area contributed by atoms with Gasteiger partial charge in [-0.25, -0.2) is 4.39 Å². The fraction of sp³-hybridized carbons (Fsp3) is 0.235. The Morgan fingerprint density at radius 1 is 1.10 bits per heavy atom. The minimum absolute atomic E-state index is 0.171. The summed E-state index contributed by atoms with van der Waals surface area (Å²) in [5.41, 5.74) is 1.37. The number of carbonyl (C=O) groups is 1. The number of carbonyl (C=O) groups excluding carboxylic acids is 1. The Hall–Kier alpha value is -2.20. The molecule has 1 amide bonds. The third-order valence-corrected chi connectivity index (χ3v) is 3.30. The van der Waals surface area contributed by atoms with E-state index in [0.29, 0.717) is 12.0 Å². The van der Waals surface area contributed by atoms with Crippen LogP contribution in [0, 0.1) is 5.82 Å². The number of aliphatic hydroxyl groups is 1. The van der Waals surface area contributed by atoms with Crippen molar-refractivity contribution in [2.45, 2.75) is 18.9 Å². The minimum atomic E-state index is -0.431. The van der Waals surface area contributed by atoms with Crippen LogP contribution in [0.5, 0.6) is 0 Å². The van der Waals surface area contributed by atoms with Crippen molar-refractivity contribution in [1.29, 1.82) is 0 Å². The fourth-order valence-electron chi connectivity index (χ4n) is 2.14. The molecular formula is C17H18FNO2. The zero-order chi connectivity index (χ0) is 15.1. The molecule has 0 radical (unpaired) electrons. The van der Waals surface area contributed by atoms with Gasteiger partial charge in [0.2, 0.25) is 5.91 Å². The van der Waals surface area contributed by atoms with E-state index in [4.69, 9.17) is 0 Å². The third-order valence-electron chi connectivity index (χ3n) is 3.30. The second-order valence-corrected chi connectivity index (χ2v) is 4.80. The third kappa shape index (κ3) is 4.39. The molecule has 0 saturated heterocycles. The zero-order valence-electron chi connectivity index (χ0n) is 11.6. The first-order chi connectivity index (χ1) is 10.2. The molecule has 0 aromatic heterocycles. The molecule has 4 heteroatoms. The van der Waals surface area contributed by atoms with Crippen LogP contribution in [0.4, 0.5) is 4.39 Å². The average Bonchev–Trinajstić information content (AvgIpc) is 2.52. The highest BCUT2D eigenvalue weighted by Crippen LogP contribution is 2.13. The maximum absolute atomic E-state index is 13.5. The summed E-state index contributed by atoms with van der Waals surface area (Å²) in [4.78, 5) is 11.9. The molecule has 1 atom stereocenters. The van der Waals surface area contributed by atoms with Gasteiger partial charge in [-0.1, -0.05) is 48.5 Å². The smallest absolute Gasteiger partial charge is 0.220 e. The highest BCUT2D eigenvalue weighted by atomic mass is 19.1. The van der Waals surface area contributed by atoms with E-state index in [-0.39, 0.29) is 24.8 Å². The van der Waals surface area contributed by atoms with E-state index < -0.39 is 6.04 Å². The van der Waals surface area contributed by atoms with Gasteiger partial charge in [0.05, 0.1) is 12.6 Å². The normalized spacial score (nSPS) is 11.9. The second-order valence-electron chi connectivity index (χ2n) is 4.80. The Bertz CT molecular complexity index is 586. The van der Waals surface area contributed by atoms with E-state index in [1.165, 1.54) is 6.07 Å². The molecule has 0 heterocycles. The fourth-order valence-corrected chi connectivity index (χ4v) is 2.14. The summed E-state index contributed by atoms with van der Waals surface area (Å²) < 4.78 is 13.5. The van der Waals surface area contributed by atoms with Crippen LogP contribution in [-0.2, 0) is 11.2 Å². The van der Waals surface area contributed by atoms with Crippen molar-refractivity contribution in [3.63, 3.8) is 0 Å². The number of hydrogen-bond donors (Lipinski definition) is 2. The van der Waals surface area contributed by atoms with Crippen molar-refractivity contribution in [2.24, 2.45) is 0 Å². The molecule has 2 aromatic rings. The maximum Gasteiger partial charge on any atom is 0.220 e. The number of amides is 1. The molecular weight excluding hydrogens is 269 g/mol. The Morgan fingerprint density at radius 2 is 1.76 bits per heavy atom. The SMILES string of the molecule is O=C(CCc1ccccc1F)NC(CO)c1ccccc1. The molecule has 0 aliphatic rings. The van der Waals surface area contributed by atoms with Crippen molar-refractivity contribution in [2.75, 3.05) is 6.61 Å². The van der Waals surface area contributed by atoms with Gasteiger partial charge >= 0.3 is 0 Å². The molecule has 0 aliphatic heterocycles. The zero-order valence-corrected chi connectivity index (χ0v) is 11.6. The molecule has 0 fully saturated rings. The quantitative estimate of drug-likeness (QED) is 0.858. The summed E-state index contributed by atoms with van der Waals surface area (Å²) >= 11 is 0. The first kappa shape index (κ1) is 15.2. The van der Waals surface area contributed by atoms with Gasteiger partial charge in [-0.05, 0) is 23.6 Å². The summed E-state index contributed by atoms with van der Waals surface area (Å²) in [6.07, 6.45) is 0.524. The first-order valence-corrected chi connectivity index (χ1v) is 6.89. The van der Waals surface area contributed by atoms with Gasteiger partial charge in [0.25, 0.3) is 0 Å². The number of rotatable bonds is 6. The molecule has 0 spiro atoms. The van der Waals surface area contributed by atoms with Gasteiger partial charge in [-0.2, -0.15) is 0 Å². The molecule has 1 unspecified atom stereocenters. The lowest BCUT2D eigenvalue weighted by Gasteiger charge is -2.16. The van der Waals surface area contributed by atoms with Crippen molar-refractivity contribution in [1.82, 2.24) is 5.32 Å². The second kappa shape index (κ2) is 7.55. The van der Waals surface area contributed by atoms with Gasteiger partial charge < -0.3 is 10.4 Å². The summed E-state index contributed by atoms with van der Waals surface area (Å²) in [5, 5.41) is 12.1. The lowest BCUT2D eigenvalue weighted by Crippen LogP contribution is -2.30. The van der Waals surface area contributed by atoms with E-state index in [0.717, 1.165) is 5.56 Å². The topological polar surface area (TPSA) is 49.3 Å². The van der Waals surface area contributed by atoms with Gasteiger partial charge in [-0.15, -0.1) is 0 Å². The molecule has 0 bridgehead atoms. The monoisotopic (exact) mass is 287 g/mol. The summed E-state index contributed by atoms with van der Waals surface area (Å²) in [6, 6.07) is 15.3. The van der Waals surface area contributed by atoms with Crippen LogP contribution in [0.25, 0.3) is 0 Å². The van der Waals surface area contributed by atoms with Gasteiger partial charge in [0.15, 0.2) is 0 Å². The van der Waals surface area contributed by atoms with Crippen molar-refractivity contribution < 1.29 is 14.3 Å². The summed E-state index contributed by atoms with van der Waals surface area (Å²) in [7, 11) is 0. The number of benzene rings is 2. The predicted molar refractivity (Wildman–Crippen MR) is 79.1 cm³/mol. The molecule has 2 rings (SSSR count). The standard InChI is InChI=1S/C17H18FNO2/c18-15-9-5-4-6-13(15)10-11-17(21)19-16(12-20)14-7-2-1-3-8-14/h1-9,16,20H,10-12H2,(H,19,21). The number of halogens is 1. The Morgan fingerprint density at radius 3 is 2.43 bits per heavy atom. The maximum atomic E-state index is 13.5. The van der Waals surface area contributed by atoms with Crippen LogP contribution in [0.1, 0.15) is 23.6 Å². The van der Waals surface area contributed by atoms with E-state index in [1.54, 1.807) is 18.2 Å². The lowest BCUT2D eigenvalue weighted by atomic mass is 10.1. The Labute approximate surface area is 123 Å². The number of hydrogen-bond acceptors (Lipinski definition) is 2. The van der Waals surface area contributed by atoms with Gasteiger partial charge in [0, 0.05) is 6.42 Å². The minimum Gasteiger partial charge on any atom is -0.394 e. The highest BCUT2D eigenvalue weighted by molar-refractivity contribution is 5.76. The van der Waals surface area contributed by atoms with Crippen LogP contribution in [0.3, 0.4) is 0 Å². The molecule has 0 aliphatic carbocycles.